The molecule has 0 aliphatic carbocycles. The number of hydrogen-bond donors (Lipinski definition) is 2. The van der Waals surface area contributed by atoms with Crippen LogP contribution in [0.2, 0.25) is 5.02 Å². The lowest BCUT2D eigenvalue weighted by atomic mass is 10.0. The summed E-state index contributed by atoms with van der Waals surface area (Å²) in [7, 11) is 1.65. The molecule has 0 bridgehead atoms. The molecule has 0 atom stereocenters. The molecule has 2 aromatic heterocycles. The number of anilines is 1. The zero-order valence-electron chi connectivity index (χ0n) is 16.2. The second-order valence-corrected chi connectivity index (χ2v) is 7.01. The summed E-state index contributed by atoms with van der Waals surface area (Å²) in [6, 6.07) is 21.0. The van der Waals surface area contributed by atoms with Crippen LogP contribution >= 0.6 is 11.6 Å². The van der Waals surface area contributed by atoms with Gasteiger partial charge >= 0.3 is 0 Å². The molecule has 6 nitrogen and oxygen atoms in total. The lowest BCUT2D eigenvalue weighted by Gasteiger charge is -2.09. The first kappa shape index (κ1) is 19.5. The van der Waals surface area contributed by atoms with Crippen molar-refractivity contribution < 1.29 is 4.74 Å². The molecule has 4 aromatic rings. The van der Waals surface area contributed by atoms with E-state index in [1.165, 1.54) is 0 Å². The molecule has 7 heteroatoms. The zero-order chi connectivity index (χ0) is 20.9. The summed E-state index contributed by atoms with van der Waals surface area (Å²) in [4.78, 5) is 4.18. The van der Waals surface area contributed by atoms with Crippen molar-refractivity contribution in [3.8, 4) is 34.2 Å². The molecule has 0 aliphatic heterocycles. The largest absolute Gasteiger partial charge is 0.497 e. The van der Waals surface area contributed by atoms with Crippen LogP contribution < -0.4 is 10.1 Å². The van der Waals surface area contributed by atoms with Gasteiger partial charge in [-0.2, -0.15) is 10.4 Å². The zero-order valence-corrected chi connectivity index (χ0v) is 16.9. The van der Waals surface area contributed by atoms with E-state index in [0.29, 0.717) is 23.1 Å². The Labute approximate surface area is 179 Å². The summed E-state index contributed by atoms with van der Waals surface area (Å²) in [6.45, 7) is 0.598. The van der Waals surface area contributed by atoms with Crippen LogP contribution in [0.4, 0.5) is 5.82 Å². The Morgan fingerprint density at radius 1 is 1.03 bits per heavy atom. The maximum absolute atomic E-state index is 9.01. The fourth-order valence-corrected chi connectivity index (χ4v) is 3.24. The fraction of sp³-hybridized carbons (Fsp3) is 0.0870. The van der Waals surface area contributed by atoms with Gasteiger partial charge in [-0.1, -0.05) is 35.9 Å². The molecule has 0 radical (unpaired) electrons. The Bertz CT molecular complexity index is 1180. The number of ether oxygens (including phenoxy) is 1. The average Bonchev–Trinajstić information content (AvgIpc) is 3.22. The average molecular weight is 416 g/mol. The van der Waals surface area contributed by atoms with Gasteiger partial charge in [0.1, 0.15) is 17.5 Å². The van der Waals surface area contributed by atoms with E-state index in [1.54, 1.807) is 19.4 Å². The third-order valence-corrected chi connectivity index (χ3v) is 4.94. The smallest absolute Gasteiger partial charge is 0.156 e. The highest BCUT2D eigenvalue weighted by Crippen LogP contribution is 2.36. The number of benzene rings is 2. The van der Waals surface area contributed by atoms with E-state index in [9.17, 15) is 0 Å². The van der Waals surface area contributed by atoms with Crippen molar-refractivity contribution in [3.63, 3.8) is 0 Å². The Kier molecular flexibility index (Phi) is 5.64. The number of H-pyrrole nitrogens is 1. The summed E-state index contributed by atoms with van der Waals surface area (Å²) in [5.74, 6) is 1.53. The summed E-state index contributed by atoms with van der Waals surface area (Å²) in [6.07, 6.45) is 1.67. The molecule has 148 valence electrons. The molecule has 2 N–H and O–H groups in total. The van der Waals surface area contributed by atoms with Crippen LogP contribution in [0, 0.1) is 11.3 Å². The molecule has 0 saturated heterocycles. The molecule has 0 fully saturated rings. The van der Waals surface area contributed by atoms with E-state index in [2.05, 4.69) is 20.5 Å². The van der Waals surface area contributed by atoms with Gasteiger partial charge in [-0.3, -0.25) is 5.10 Å². The van der Waals surface area contributed by atoms with Gasteiger partial charge in [-0.15, -0.1) is 0 Å². The van der Waals surface area contributed by atoms with Gasteiger partial charge in [-0.25, -0.2) is 4.98 Å². The fourth-order valence-electron chi connectivity index (χ4n) is 3.11. The second-order valence-electron chi connectivity index (χ2n) is 6.57. The van der Waals surface area contributed by atoms with Crippen molar-refractivity contribution in [2.75, 3.05) is 12.4 Å². The quantitative estimate of drug-likeness (QED) is 0.447. The van der Waals surface area contributed by atoms with Crippen LogP contribution in [0.1, 0.15) is 11.3 Å². The molecular weight excluding hydrogens is 398 g/mol. The first-order chi connectivity index (χ1) is 14.7. The maximum Gasteiger partial charge on any atom is 0.156 e. The minimum absolute atomic E-state index is 0.365. The number of aromatic amines is 1. The number of rotatable bonds is 6. The van der Waals surface area contributed by atoms with Gasteiger partial charge in [-0.05, 0) is 47.5 Å². The first-order valence-corrected chi connectivity index (χ1v) is 9.63. The standard InChI is InChI=1S/C23H18ClN5O/c1-30-20-10-2-15(3-11-20)13-27-23-21(16-4-7-18(24)8-5-16)22(28-29-23)17-6-9-19(12-25)26-14-17/h2-11,14H,13H2,1H3,(H2,27,28,29). The number of pyridine rings is 1. The van der Waals surface area contributed by atoms with Crippen LogP contribution in [-0.2, 0) is 6.54 Å². The molecule has 0 saturated carbocycles. The number of halogens is 1. The van der Waals surface area contributed by atoms with Crippen molar-refractivity contribution in [1.29, 1.82) is 5.26 Å². The van der Waals surface area contributed by atoms with Gasteiger partial charge in [0, 0.05) is 23.3 Å². The van der Waals surface area contributed by atoms with Crippen molar-refractivity contribution >= 4 is 17.4 Å². The maximum atomic E-state index is 9.01. The summed E-state index contributed by atoms with van der Waals surface area (Å²) in [5, 5.41) is 20.7. The number of hydrogen-bond acceptors (Lipinski definition) is 5. The van der Waals surface area contributed by atoms with Gasteiger partial charge in [0.25, 0.3) is 0 Å². The van der Waals surface area contributed by atoms with Gasteiger partial charge in [0.2, 0.25) is 0 Å². The van der Waals surface area contributed by atoms with Crippen molar-refractivity contribution in [1.82, 2.24) is 15.2 Å². The number of nitrogens with one attached hydrogen (secondary N) is 2. The highest BCUT2D eigenvalue weighted by atomic mass is 35.5. The topological polar surface area (TPSA) is 86.6 Å². The predicted octanol–water partition coefficient (Wildman–Crippen LogP) is 5.28. The number of aromatic nitrogens is 3. The Hall–Kier alpha value is -3.82. The molecule has 0 aliphatic rings. The number of methoxy groups -OCH3 is 1. The van der Waals surface area contributed by atoms with Crippen LogP contribution in [0.5, 0.6) is 5.75 Å². The van der Waals surface area contributed by atoms with Crippen LogP contribution in [-0.4, -0.2) is 22.3 Å². The Balaban J connectivity index is 1.69. The van der Waals surface area contributed by atoms with Gasteiger partial charge in [0.15, 0.2) is 5.82 Å². The van der Waals surface area contributed by atoms with E-state index in [-0.39, 0.29) is 0 Å². The number of nitriles is 1. The van der Waals surface area contributed by atoms with Gasteiger partial charge in [0.05, 0.1) is 18.4 Å². The van der Waals surface area contributed by atoms with Crippen molar-refractivity contribution in [2.24, 2.45) is 0 Å². The van der Waals surface area contributed by atoms with Crippen LogP contribution in [0.25, 0.3) is 22.4 Å². The Morgan fingerprint density at radius 3 is 2.40 bits per heavy atom. The normalized spacial score (nSPS) is 10.4. The second kappa shape index (κ2) is 8.68. The van der Waals surface area contributed by atoms with E-state index >= 15 is 0 Å². The van der Waals surface area contributed by atoms with Crippen LogP contribution in [0.3, 0.4) is 0 Å². The molecule has 30 heavy (non-hydrogen) atoms. The SMILES string of the molecule is COc1ccc(CNc2n[nH]c(-c3ccc(C#N)nc3)c2-c2ccc(Cl)cc2)cc1. The van der Waals surface area contributed by atoms with Crippen molar-refractivity contribution in [2.45, 2.75) is 6.54 Å². The van der Waals surface area contributed by atoms with Gasteiger partial charge < -0.3 is 10.1 Å². The molecule has 0 spiro atoms. The summed E-state index contributed by atoms with van der Waals surface area (Å²) in [5.41, 5.74) is 4.98. The van der Waals surface area contributed by atoms with E-state index in [1.807, 2.05) is 60.7 Å². The molecule has 4 rings (SSSR count). The minimum Gasteiger partial charge on any atom is -0.497 e. The van der Waals surface area contributed by atoms with E-state index in [0.717, 1.165) is 33.7 Å². The molecule has 0 amide bonds. The van der Waals surface area contributed by atoms with Crippen molar-refractivity contribution in [3.05, 3.63) is 83.1 Å². The lowest BCUT2D eigenvalue weighted by Crippen LogP contribution is -2.01. The molecule has 2 heterocycles. The summed E-state index contributed by atoms with van der Waals surface area (Å²) < 4.78 is 5.21. The molecular formula is C23H18ClN5O. The predicted molar refractivity (Wildman–Crippen MR) is 117 cm³/mol. The molecule has 0 unspecified atom stereocenters. The third kappa shape index (κ3) is 4.12. The molecule has 2 aromatic carbocycles. The highest BCUT2D eigenvalue weighted by Gasteiger charge is 2.17. The highest BCUT2D eigenvalue weighted by molar-refractivity contribution is 6.30. The van der Waals surface area contributed by atoms with E-state index in [4.69, 9.17) is 21.6 Å². The van der Waals surface area contributed by atoms with E-state index < -0.39 is 0 Å². The van der Waals surface area contributed by atoms with Crippen LogP contribution in [0.15, 0.2) is 66.9 Å². The number of nitrogens with zero attached hydrogens (tertiary/aromatic N) is 3. The minimum atomic E-state index is 0.365. The lowest BCUT2D eigenvalue weighted by molar-refractivity contribution is 0.414. The monoisotopic (exact) mass is 415 g/mol. The Morgan fingerprint density at radius 2 is 1.77 bits per heavy atom. The summed E-state index contributed by atoms with van der Waals surface area (Å²) >= 11 is 6.08. The first-order valence-electron chi connectivity index (χ1n) is 9.25. The third-order valence-electron chi connectivity index (χ3n) is 4.68.